The lowest BCUT2D eigenvalue weighted by atomic mass is 9.86. The number of allylic oxidation sites excluding steroid dienone is 1. The molecular weight excluding hydrogens is 456 g/mol. The molecule has 9 nitrogen and oxygen atoms in total. The van der Waals surface area contributed by atoms with Crippen LogP contribution >= 0.6 is 0 Å². The Hall–Kier alpha value is -2.91. The van der Waals surface area contributed by atoms with Gasteiger partial charge in [-0.3, -0.25) is 9.99 Å². The van der Waals surface area contributed by atoms with E-state index in [9.17, 15) is 4.79 Å². The molecule has 36 heavy (non-hydrogen) atoms. The van der Waals surface area contributed by atoms with Crippen LogP contribution < -0.4 is 5.32 Å². The summed E-state index contributed by atoms with van der Waals surface area (Å²) < 4.78 is 11.4. The van der Waals surface area contributed by atoms with Crippen LogP contribution in [0.3, 0.4) is 0 Å². The number of fused-ring (bicyclic) bond motifs is 1. The number of ether oxygens (including phenoxy) is 2. The molecule has 0 radical (unpaired) electrons. The van der Waals surface area contributed by atoms with Crippen LogP contribution in [0.25, 0.3) is 0 Å². The van der Waals surface area contributed by atoms with Gasteiger partial charge in [0.2, 0.25) is 0 Å². The second kappa shape index (κ2) is 10.6. The van der Waals surface area contributed by atoms with Crippen LogP contribution in [0.5, 0.6) is 0 Å². The van der Waals surface area contributed by atoms with Gasteiger partial charge in [-0.25, -0.2) is 4.79 Å². The van der Waals surface area contributed by atoms with E-state index in [-0.39, 0.29) is 23.7 Å². The van der Waals surface area contributed by atoms with Crippen LogP contribution in [0.4, 0.5) is 4.79 Å². The summed E-state index contributed by atoms with van der Waals surface area (Å²) in [6.45, 7) is 11.9. The predicted octanol–water partition coefficient (Wildman–Crippen LogP) is 3.03. The summed E-state index contributed by atoms with van der Waals surface area (Å²) in [5, 5.41) is 10.3. The van der Waals surface area contributed by atoms with Crippen molar-refractivity contribution >= 4 is 12.3 Å². The van der Waals surface area contributed by atoms with Gasteiger partial charge in [0, 0.05) is 68.9 Å². The number of hydrazone groups is 1. The number of rotatable bonds is 6. The third kappa shape index (κ3) is 4.62. The van der Waals surface area contributed by atoms with E-state index in [1.165, 1.54) is 0 Å². The van der Waals surface area contributed by atoms with E-state index in [0.29, 0.717) is 26.3 Å². The minimum Gasteiger partial charge on any atom is -0.450 e. The second-order valence-electron chi connectivity index (χ2n) is 9.83. The fourth-order valence-electron chi connectivity index (χ4n) is 5.81. The number of carbonyl (C=O) groups excluding carboxylic acids is 1. The smallest absolute Gasteiger partial charge is 0.409 e. The predicted molar refractivity (Wildman–Crippen MR) is 139 cm³/mol. The Labute approximate surface area is 213 Å². The van der Waals surface area contributed by atoms with Gasteiger partial charge < -0.3 is 24.6 Å². The lowest BCUT2D eigenvalue weighted by Crippen LogP contribution is -2.49. The largest absolute Gasteiger partial charge is 0.450 e. The first-order valence-electron chi connectivity index (χ1n) is 13.3. The molecule has 1 N–H and O–H groups in total. The van der Waals surface area contributed by atoms with E-state index >= 15 is 0 Å². The minimum absolute atomic E-state index is 0.140. The molecule has 0 spiro atoms. The number of nitrogens with zero attached hydrogens (tertiary/aromatic N) is 5. The average molecular weight is 495 g/mol. The number of pyridine rings is 1. The van der Waals surface area contributed by atoms with Gasteiger partial charge in [-0.1, -0.05) is 6.07 Å². The maximum absolute atomic E-state index is 12.1. The third-order valence-electron chi connectivity index (χ3n) is 7.74. The summed E-state index contributed by atoms with van der Waals surface area (Å²) in [5.41, 5.74) is 4.18. The summed E-state index contributed by atoms with van der Waals surface area (Å²) in [6.07, 6.45) is 10.2. The number of piperazine rings is 1. The van der Waals surface area contributed by atoms with Crippen molar-refractivity contribution in [3.8, 4) is 0 Å². The summed E-state index contributed by atoms with van der Waals surface area (Å²) >= 11 is 0. The number of aromatic nitrogens is 1. The molecule has 9 heteroatoms. The van der Waals surface area contributed by atoms with Crippen LogP contribution in [0.1, 0.15) is 50.8 Å². The van der Waals surface area contributed by atoms with Gasteiger partial charge in [-0.15, -0.1) is 0 Å². The molecule has 194 valence electrons. The summed E-state index contributed by atoms with van der Waals surface area (Å²) in [6, 6.07) is 4.52. The Balaban J connectivity index is 1.32. The lowest BCUT2D eigenvalue weighted by Gasteiger charge is -2.39. The van der Waals surface area contributed by atoms with Gasteiger partial charge in [-0.05, 0) is 58.4 Å². The molecule has 1 aromatic rings. The zero-order valence-electron chi connectivity index (χ0n) is 21.7. The first-order chi connectivity index (χ1) is 17.6. The maximum Gasteiger partial charge on any atom is 0.409 e. The molecule has 4 aliphatic rings. The molecule has 2 unspecified atom stereocenters. The maximum atomic E-state index is 12.1. The molecule has 2 fully saturated rings. The van der Waals surface area contributed by atoms with E-state index in [2.05, 4.69) is 58.5 Å². The number of hydrogen-bond acceptors (Lipinski definition) is 8. The van der Waals surface area contributed by atoms with E-state index in [1.54, 1.807) is 4.90 Å². The van der Waals surface area contributed by atoms with Crippen molar-refractivity contribution in [2.24, 2.45) is 5.10 Å². The van der Waals surface area contributed by atoms with Crippen LogP contribution in [0.15, 0.2) is 47.0 Å². The molecule has 1 amide bonds. The molecule has 3 atom stereocenters. The molecule has 0 aliphatic carbocycles. The van der Waals surface area contributed by atoms with Gasteiger partial charge in [0.25, 0.3) is 0 Å². The van der Waals surface area contributed by atoms with Crippen molar-refractivity contribution in [2.75, 3.05) is 52.5 Å². The zero-order chi connectivity index (χ0) is 25.1. The van der Waals surface area contributed by atoms with Crippen molar-refractivity contribution in [1.29, 1.82) is 0 Å². The summed E-state index contributed by atoms with van der Waals surface area (Å²) in [5.74, 6) is 0.140. The molecule has 4 aliphatic heterocycles. The summed E-state index contributed by atoms with van der Waals surface area (Å²) in [4.78, 5) is 21.2. The average Bonchev–Trinajstić information content (AvgIpc) is 3.26. The van der Waals surface area contributed by atoms with Crippen molar-refractivity contribution < 1.29 is 14.3 Å². The van der Waals surface area contributed by atoms with Gasteiger partial charge in [0.15, 0.2) is 0 Å². The van der Waals surface area contributed by atoms with Crippen LogP contribution in [-0.4, -0.2) is 90.6 Å². The monoisotopic (exact) mass is 494 g/mol. The highest BCUT2D eigenvalue weighted by Gasteiger charge is 2.39. The number of piperidine rings is 1. The van der Waals surface area contributed by atoms with Crippen molar-refractivity contribution in [3.63, 3.8) is 0 Å². The third-order valence-corrected chi connectivity index (χ3v) is 7.74. The van der Waals surface area contributed by atoms with E-state index in [4.69, 9.17) is 14.5 Å². The normalized spacial score (nSPS) is 28.0. The molecule has 0 bridgehead atoms. The van der Waals surface area contributed by atoms with Gasteiger partial charge in [0.05, 0.1) is 24.0 Å². The molecule has 5 rings (SSSR count). The first-order valence-corrected chi connectivity index (χ1v) is 13.3. The minimum atomic E-state index is -0.290. The highest BCUT2D eigenvalue weighted by molar-refractivity contribution is 5.75. The lowest BCUT2D eigenvalue weighted by molar-refractivity contribution is -0.0603. The fraction of sp³-hybridized carbons (Fsp3) is 0.593. The molecule has 2 saturated heterocycles. The van der Waals surface area contributed by atoms with Gasteiger partial charge >= 0.3 is 6.09 Å². The topological polar surface area (TPSA) is 82.5 Å². The molecule has 0 saturated carbocycles. The Morgan fingerprint density at radius 1 is 1.17 bits per heavy atom. The SMILES string of the molecule is CCOC(=O)N1CCN(C2=CC=NN3C2=CC(c2ccc([C@@]4(OCC)CCCNC4)cn2)C3C)CC1. The van der Waals surface area contributed by atoms with Crippen LogP contribution in [-0.2, 0) is 15.1 Å². The Morgan fingerprint density at radius 2 is 2.00 bits per heavy atom. The van der Waals surface area contributed by atoms with Gasteiger partial charge in [0.1, 0.15) is 5.60 Å². The van der Waals surface area contributed by atoms with Gasteiger partial charge in [-0.2, -0.15) is 5.10 Å². The number of hydrogen-bond donors (Lipinski definition) is 1. The number of carbonyl (C=O) groups is 1. The summed E-state index contributed by atoms with van der Waals surface area (Å²) in [7, 11) is 0. The zero-order valence-corrected chi connectivity index (χ0v) is 21.7. The number of amides is 1. The first kappa shape index (κ1) is 24.8. The Morgan fingerprint density at radius 3 is 2.67 bits per heavy atom. The molecule has 1 aromatic heterocycles. The second-order valence-corrected chi connectivity index (χ2v) is 9.83. The molecule has 0 aromatic carbocycles. The number of nitrogens with one attached hydrogen (secondary N) is 1. The van der Waals surface area contributed by atoms with Crippen LogP contribution in [0, 0.1) is 0 Å². The standard InChI is InChI=1S/C27H38N6O3/c1-4-35-26(34)32-15-13-31(14-16-32)24-9-12-30-33-20(3)22(17-25(24)33)23-8-7-21(18-29-23)27(36-5-2)10-6-11-28-19-27/h7-9,12,17-18,20,22,28H,4-6,10-11,13-16,19H2,1-3H3/t20?,22?,27-/m1/s1. The molecule has 5 heterocycles. The van der Waals surface area contributed by atoms with Crippen molar-refractivity contribution in [3.05, 3.63) is 53.1 Å². The highest BCUT2D eigenvalue weighted by atomic mass is 16.6. The van der Waals surface area contributed by atoms with Crippen molar-refractivity contribution in [1.82, 2.24) is 25.1 Å². The Bertz CT molecular complexity index is 1020. The Kier molecular flexibility index (Phi) is 7.29. The van der Waals surface area contributed by atoms with E-state index in [1.807, 2.05) is 19.3 Å². The van der Waals surface area contributed by atoms with Crippen molar-refractivity contribution in [2.45, 2.75) is 51.2 Å². The highest BCUT2D eigenvalue weighted by Crippen LogP contribution is 2.40. The van der Waals surface area contributed by atoms with E-state index in [0.717, 1.165) is 61.7 Å². The van der Waals surface area contributed by atoms with Crippen LogP contribution in [0.2, 0.25) is 0 Å². The quantitative estimate of drug-likeness (QED) is 0.651. The fourth-order valence-corrected chi connectivity index (χ4v) is 5.81. The van der Waals surface area contributed by atoms with E-state index < -0.39 is 0 Å². The molecular formula is C27H38N6O3.